The van der Waals surface area contributed by atoms with Crippen molar-refractivity contribution in [3.05, 3.63) is 41.5 Å². The summed E-state index contributed by atoms with van der Waals surface area (Å²) in [6, 6.07) is 3.72. The van der Waals surface area contributed by atoms with Crippen molar-refractivity contribution in [2.45, 2.75) is 19.4 Å². The molecule has 4 aromatic heterocycles. The standard InChI is InChI=1S/C18H20N8O/c1-24-11-22-14-16(24)20-10-21-17(14)25-7-4-12(5-8-25)9-26-15-13(23-18(26)27)3-2-6-19-15/h2-3,6,10-12H,4-5,7-9H2,1H3,(H,23,27). The third-order valence-electron chi connectivity index (χ3n) is 5.36. The summed E-state index contributed by atoms with van der Waals surface area (Å²) in [7, 11) is 1.94. The van der Waals surface area contributed by atoms with Crippen molar-refractivity contribution in [3.8, 4) is 0 Å². The number of anilines is 1. The second-order valence-corrected chi connectivity index (χ2v) is 7.07. The third kappa shape index (κ3) is 2.66. The Morgan fingerprint density at radius 1 is 1.15 bits per heavy atom. The van der Waals surface area contributed by atoms with Crippen LogP contribution in [0, 0.1) is 5.92 Å². The number of hydrogen-bond donors (Lipinski definition) is 1. The monoisotopic (exact) mass is 364 g/mol. The number of aromatic amines is 1. The Morgan fingerprint density at radius 3 is 2.85 bits per heavy atom. The maximum atomic E-state index is 12.3. The summed E-state index contributed by atoms with van der Waals surface area (Å²) < 4.78 is 3.67. The van der Waals surface area contributed by atoms with Crippen molar-refractivity contribution in [3.63, 3.8) is 0 Å². The van der Waals surface area contributed by atoms with Gasteiger partial charge in [-0.05, 0) is 30.9 Å². The van der Waals surface area contributed by atoms with E-state index in [2.05, 4.69) is 29.8 Å². The molecule has 4 aromatic rings. The van der Waals surface area contributed by atoms with E-state index in [1.807, 2.05) is 23.7 Å². The van der Waals surface area contributed by atoms with Crippen LogP contribution in [-0.2, 0) is 13.6 Å². The van der Waals surface area contributed by atoms with Gasteiger partial charge in [0.1, 0.15) is 6.33 Å². The molecule has 0 aliphatic carbocycles. The fourth-order valence-electron chi connectivity index (χ4n) is 3.91. The van der Waals surface area contributed by atoms with Gasteiger partial charge in [0.05, 0.1) is 11.8 Å². The molecule has 0 bridgehead atoms. The molecule has 1 N–H and O–H groups in total. The van der Waals surface area contributed by atoms with Crippen LogP contribution in [0.15, 0.2) is 35.8 Å². The van der Waals surface area contributed by atoms with E-state index in [9.17, 15) is 4.79 Å². The molecule has 1 aliphatic heterocycles. The number of H-pyrrole nitrogens is 1. The lowest BCUT2D eigenvalue weighted by Crippen LogP contribution is -2.36. The number of pyridine rings is 1. The van der Waals surface area contributed by atoms with Crippen LogP contribution in [0.5, 0.6) is 0 Å². The molecule has 1 fully saturated rings. The Kier molecular flexibility index (Phi) is 3.66. The van der Waals surface area contributed by atoms with Gasteiger partial charge in [0, 0.05) is 32.9 Å². The topological polar surface area (TPSA) is 97.5 Å². The molecule has 5 rings (SSSR count). The molecule has 9 nitrogen and oxygen atoms in total. The molecule has 27 heavy (non-hydrogen) atoms. The molecule has 0 saturated carbocycles. The van der Waals surface area contributed by atoms with E-state index < -0.39 is 0 Å². The number of nitrogens with zero attached hydrogens (tertiary/aromatic N) is 7. The SMILES string of the molecule is Cn1cnc2c(N3CCC(Cn4c(=O)[nH]c5cccnc54)CC3)ncnc21. The van der Waals surface area contributed by atoms with Gasteiger partial charge in [-0.2, -0.15) is 0 Å². The number of hydrogen-bond acceptors (Lipinski definition) is 6. The van der Waals surface area contributed by atoms with Crippen LogP contribution in [0.4, 0.5) is 5.82 Å². The molecule has 1 saturated heterocycles. The van der Waals surface area contributed by atoms with E-state index >= 15 is 0 Å². The molecular weight excluding hydrogens is 344 g/mol. The molecule has 0 radical (unpaired) electrons. The lowest BCUT2D eigenvalue weighted by molar-refractivity contribution is 0.356. The fraction of sp³-hybridized carbons (Fsp3) is 0.389. The maximum Gasteiger partial charge on any atom is 0.327 e. The van der Waals surface area contributed by atoms with Gasteiger partial charge in [-0.3, -0.25) is 4.57 Å². The fourth-order valence-corrected chi connectivity index (χ4v) is 3.91. The first kappa shape index (κ1) is 16.0. The summed E-state index contributed by atoms with van der Waals surface area (Å²) in [6.07, 6.45) is 7.07. The van der Waals surface area contributed by atoms with Crippen LogP contribution in [0.2, 0.25) is 0 Å². The first-order valence-electron chi connectivity index (χ1n) is 9.11. The molecule has 138 valence electrons. The van der Waals surface area contributed by atoms with E-state index in [1.165, 1.54) is 0 Å². The normalized spacial score (nSPS) is 15.8. The number of imidazole rings is 2. The Hall–Kier alpha value is -3.23. The minimum atomic E-state index is -0.0860. The van der Waals surface area contributed by atoms with Crippen LogP contribution < -0.4 is 10.6 Å². The van der Waals surface area contributed by atoms with Crippen molar-refractivity contribution in [1.29, 1.82) is 0 Å². The second kappa shape index (κ2) is 6.19. The highest BCUT2D eigenvalue weighted by atomic mass is 16.1. The van der Waals surface area contributed by atoms with Gasteiger partial charge in [0.15, 0.2) is 22.6 Å². The Balaban J connectivity index is 1.34. The number of nitrogens with one attached hydrogen (secondary N) is 1. The van der Waals surface area contributed by atoms with E-state index in [-0.39, 0.29) is 5.69 Å². The third-order valence-corrected chi connectivity index (χ3v) is 5.36. The molecule has 0 unspecified atom stereocenters. The highest BCUT2D eigenvalue weighted by molar-refractivity contribution is 5.83. The zero-order chi connectivity index (χ0) is 18.4. The van der Waals surface area contributed by atoms with E-state index in [0.717, 1.165) is 54.1 Å². The Morgan fingerprint density at radius 2 is 2.00 bits per heavy atom. The lowest BCUT2D eigenvalue weighted by atomic mass is 9.96. The largest absolute Gasteiger partial charge is 0.355 e. The van der Waals surface area contributed by atoms with Crippen LogP contribution in [0.25, 0.3) is 22.3 Å². The predicted octanol–water partition coefficient (Wildman–Crippen LogP) is 1.32. The highest BCUT2D eigenvalue weighted by Gasteiger charge is 2.24. The molecule has 1 aliphatic rings. The highest BCUT2D eigenvalue weighted by Crippen LogP contribution is 2.27. The van der Waals surface area contributed by atoms with Gasteiger partial charge < -0.3 is 14.5 Å². The van der Waals surface area contributed by atoms with Crippen molar-refractivity contribution < 1.29 is 0 Å². The smallest absolute Gasteiger partial charge is 0.327 e. The molecule has 0 atom stereocenters. The van der Waals surface area contributed by atoms with Gasteiger partial charge in [0.2, 0.25) is 0 Å². The van der Waals surface area contributed by atoms with Crippen molar-refractivity contribution >= 4 is 28.1 Å². The molecule has 5 heterocycles. The summed E-state index contributed by atoms with van der Waals surface area (Å²) in [4.78, 5) is 35.0. The molecular formula is C18H20N8O. The second-order valence-electron chi connectivity index (χ2n) is 7.07. The van der Waals surface area contributed by atoms with Gasteiger partial charge in [-0.15, -0.1) is 0 Å². The number of fused-ring (bicyclic) bond motifs is 2. The number of aromatic nitrogens is 7. The molecule has 0 spiro atoms. The van der Waals surface area contributed by atoms with Crippen molar-refractivity contribution in [2.75, 3.05) is 18.0 Å². The van der Waals surface area contributed by atoms with Crippen LogP contribution in [-0.4, -0.2) is 47.1 Å². The summed E-state index contributed by atoms with van der Waals surface area (Å²) >= 11 is 0. The van der Waals surface area contributed by atoms with E-state index in [4.69, 9.17) is 0 Å². The summed E-state index contributed by atoms with van der Waals surface area (Å²) in [6.45, 7) is 2.46. The zero-order valence-corrected chi connectivity index (χ0v) is 15.0. The summed E-state index contributed by atoms with van der Waals surface area (Å²) in [5.74, 6) is 1.32. The number of rotatable bonds is 3. The summed E-state index contributed by atoms with van der Waals surface area (Å²) in [5.41, 5.74) is 3.13. The Bertz CT molecular complexity index is 1170. The van der Waals surface area contributed by atoms with Crippen molar-refractivity contribution in [1.82, 2.24) is 34.1 Å². The van der Waals surface area contributed by atoms with Crippen LogP contribution in [0.3, 0.4) is 0 Å². The summed E-state index contributed by atoms with van der Waals surface area (Å²) in [5, 5.41) is 0. The predicted molar refractivity (Wildman–Crippen MR) is 102 cm³/mol. The number of aryl methyl sites for hydroxylation is 1. The molecule has 9 heteroatoms. The molecule has 0 aromatic carbocycles. The van der Waals surface area contributed by atoms with E-state index in [0.29, 0.717) is 12.5 Å². The number of piperidine rings is 1. The van der Waals surface area contributed by atoms with Gasteiger partial charge in [0.25, 0.3) is 0 Å². The maximum absolute atomic E-state index is 12.3. The van der Waals surface area contributed by atoms with Gasteiger partial charge >= 0.3 is 5.69 Å². The van der Waals surface area contributed by atoms with Crippen LogP contribution >= 0.6 is 0 Å². The van der Waals surface area contributed by atoms with E-state index in [1.54, 1.807) is 23.4 Å². The van der Waals surface area contributed by atoms with Gasteiger partial charge in [-0.25, -0.2) is 24.7 Å². The quantitative estimate of drug-likeness (QED) is 0.589. The van der Waals surface area contributed by atoms with Crippen molar-refractivity contribution in [2.24, 2.45) is 13.0 Å². The zero-order valence-electron chi connectivity index (χ0n) is 15.0. The average Bonchev–Trinajstić information content (AvgIpc) is 3.23. The van der Waals surface area contributed by atoms with Crippen LogP contribution in [0.1, 0.15) is 12.8 Å². The van der Waals surface area contributed by atoms with Gasteiger partial charge in [-0.1, -0.05) is 0 Å². The Labute approximate surface area is 154 Å². The first-order chi connectivity index (χ1) is 13.2. The average molecular weight is 364 g/mol. The molecule has 0 amide bonds. The minimum Gasteiger partial charge on any atom is -0.355 e. The lowest BCUT2D eigenvalue weighted by Gasteiger charge is -2.32. The minimum absolute atomic E-state index is 0.0860. The first-order valence-corrected chi connectivity index (χ1v) is 9.11.